The van der Waals surface area contributed by atoms with Gasteiger partial charge in [0.2, 0.25) is 0 Å². The van der Waals surface area contributed by atoms with Crippen LogP contribution in [0, 0.1) is 19.8 Å². The quantitative estimate of drug-likeness (QED) is 0.866. The highest BCUT2D eigenvalue weighted by atomic mass is 16.1. The van der Waals surface area contributed by atoms with E-state index in [1.54, 1.807) is 0 Å². The zero-order valence-corrected chi connectivity index (χ0v) is 14.1. The Kier molecular flexibility index (Phi) is 4.09. The Morgan fingerprint density at radius 3 is 2.86 bits per heavy atom. The van der Waals surface area contributed by atoms with Crippen molar-refractivity contribution in [2.24, 2.45) is 5.92 Å². The van der Waals surface area contributed by atoms with Gasteiger partial charge in [0.1, 0.15) is 0 Å². The van der Waals surface area contributed by atoms with Crippen LogP contribution < -0.4 is 0 Å². The Labute approximate surface area is 132 Å². The molecule has 0 bridgehead atoms. The molecule has 0 spiro atoms. The fourth-order valence-corrected chi connectivity index (χ4v) is 3.72. The summed E-state index contributed by atoms with van der Waals surface area (Å²) in [5, 5.41) is 1.06. The molecule has 0 unspecified atom stereocenters. The molecular formula is C19H26N2O. The van der Waals surface area contributed by atoms with Crippen molar-refractivity contribution in [3.8, 4) is 0 Å². The van der Waals surface area contributed by atoms with Crippen LogP contribution in [0.5, 0.6) is 0 Å². The Hall–Kier alpha value is -1.61. The number of piperidine rings is 1. The van der Waals surface area contributed by atoms with Crippen LogP contribution in [0.1, 0.15) is 48.3 Å². The van der Waals surface area contributed by atoms with Crippen LogP contribution >= 0.6 is 0 Å². The van der Waals surface area contributed by atoms with E-state index in [1.165, 1.54) is 18.4 Å². The van der Waals surface area contributed by atoms with Gasteiger partial charge >= 0.3 is 0 Å². The maximum absolute atomic E-state index is 13.1. The molecular weight excluding hydrogens is 272 g/mol. The maximum Gasteiger partial charge on any atom is 0.182 e. The Bertz CT molecular complexity index is 701. The van der Waals surface area contributed by atoms with E-state index in [1.807, 2.05) is 6.92 Å². The number of hydrogen-bond donors (Lipinski definition) is 1. The van der Waals surface area contributed by atoms with Crippen molar-refractivity contribution in [3.05, 3.63) is 35.0 Å². The number of ketones is 1. The highest BCUT2D eigenvalue weighted by Gasteiger charge is 2.28. The number of carbonyl (C=O) groups is 1. The summed E-state index contributed by atoms with van der Waals surface area (Å²) in [6.45, 7) is 10.5. The van der Waals surface area contributed by atoms with E-state index in [-0.39, 0.29) is 11.8 Å². The van der Waals surface area contributed by atoms with Crippen molar-refractivity contribution in [1.29, 1.82) is 0 Å². The number of rotatable bonds is 3. The summed E-state index contributed by atoms with van der Waals surface area (Å²) in [4.78, 5) is 18.8. The minimum Gasteiger partial charge on any atom is -0.358 e. The van der Waals surface area contributed by atoms with Gasteiger partial charge in [0.15, 0.2) is 5.78 Å². The molecule has 1 aromatic heterocycles. The van der Waals surface area contributed by atoms with Crippen LogP contribution in [-0.4, -0.2) is 34.8 Å². The van der Waals surface area contributed by atoms with E-state index < -0.39 is 0 Å². The number of fused-ring (bicyclic) bond motifs is 1. The smallest absolute Gasteiger partial charge is 0.182 e. The van der Waals surface area contributed by atoms with Crippen LogP contribution in [-0.2, 0) is 0 Å². The van der Waals surface area contributed by atoms with E-state index in [2.05, 4.69) is 48.9 Å². The summed E-state index contributed by atoms with van der Waals surface area (Å²) in [6, 6.07) is 6.24. The van der Waals surface area contributed by atoms with Crippen LogP contribution in [0.2, 0.25) is 0 Å². The van der Waals surface area contributed by atoms with E-state index >= 15 is 0 Å². The van der Waals surface area contributed by atoms with Gasteiger partial charge in [0.25, 0.3) is 0 Å². The number of likely N-dealkylation sites (tertiary alicyclic amines) is 1. The van der Waals surface area contributed by atoms with Crippen LogP contribution in [0.4, 0.5) is 0 Å². The lowest BCUT2D eigenvalue weighted by molar-refractivity contribution is 0.0766. The van der Waals surface area contributed by atoms with Gasteiger partial charge < -0.3 is 4.98 Å². The molecule has 1 fully saturated rings. The van der Waals surface area contributed by atoms with Gasteiger partial charge in [-0.25, -0.2) is 0 Å². The summed E-state index contributed by atoms with van der Waals surface area (Å²) in [5.74, 6) is 0.942. The Morgan fingerprint density at radius 1 is 1.36 bits per heavy atom. The predicted molar refractivity (Wildman–Crippen MR) is 91.5 cm³/mol. The Balaban J connectivity index is 1.93. The van der Waals surface area contributed by atoms with Gasteiger partial charge in [-0.1, -0.05) is 19.1 Å². The average molecular weight is 298 g/mol. The lowest BCUT2D eigenvalue weighted by Gasteiger charge is -2.34. The first-order chi connectivity index (χ1) is 10.5. The lowest BCUT2D eigenvalue weighted by Crippen LogP contribution is -2.44. The topological polar surface area (TPSA) is 36.1 Å². The molecule has 22 heavy (non-hydrogen) atoms. The minimum atomic E-state index is -0.0400. The molecule has 2 aromatic rings. The van der Waals surface area contributed by atoms with Gasteiger partial charge in [-0.05, 0) is 57.7 Å². The number of Topliss-reactive ketones (excluding diaryl/α,β-unsaturated/α-hetero) is 1. The van der Waals surface area contributed by atoms with Crippen molar-refractivity contribution in [2.45, 2.75) is 46.6 Å². The van der Waals surface area contributed by atoms with Crippen molar-refractivity contribution in [3.63, 3.8) is 0 Å². The van der Waals surface area contributed by atoms with Crippen LogP contribution in [0.25, 0.3) is 10.9 Å². The number of hydrogen-bond acceptors (Lipinski definition) is 2. The van der Waals surface area contributed by atoms with Crippen LogP contribution in [0.3, 0.4) is 0 Å². The first-order valence-electron chi connectivity index (χ1n) is 8.34. The molecule has 2 heterocycles. The van der Waals surface area contributed by atoms with Gasteiger partial charge in [-0.15, -0.1) is 0 Å². The molecule has 0 amide bonds. The zero-order valence-electron chi connectivity index (χ0n) is 14.1. The summed E-state index contributed by atoms with van der Waals surface area (Å²) in [6.07, 6.45) is 2.48. The number of carbonyl (C=O) groups excluding carboxylic acids is 1. The molecule has 1 aromatic carbocycles. The summed E-state index contributed by atoms with van der Waals surface area (Å²) in [5.41, 5.74) is 4.15. The number of aromatic amines is 1. The van der Waals surface area contributed by atoms with Crippen molar-refractivity contribution < 1.29 is 4.79 Å². The average Bonchev–Trinajstić information content (AvgIpc) is 2.80. The molecule has 1 aliphatic rings. The first kappa shape index (κ1) is 15.3. The molecule has 3 heteroatoms. The SMILES string of the molecule is Cc1ccc2c(C(=O)[C@H](C)N3CCC[C@H](C)C3)c(C)[nH]c2c1. The summed E-state index contributed by atoms with van der Waals surface area (Å²) >= 11 is 0. The normalized spacial score (nSPS) is 21.2. The van der Waals surface area contributed by atoms with E-state index in [0.717, 1.165) is 35.2 Å². The van der Waals surface area contributed by atoms with Crippen molar-refractivity contribution in [2.75, 3.05) is 13.1 Å². The standard InChI is InChI=1S/C19H26N2O/c1-12-7-8-16-17(10-12)20-14(3)18(16)19(22)15(4)21-9-5-6-13(2)11-21/h7-8,10,13,15,20H,5-6,9,11H2,1-4H3/t13-,15-/m0/s1. The summed E-state index contributed by atoms with van der Waals surface area (Å²) in [7, 11) is 0. The number of nitrogens with one attached hydrogen (secondary N) is 1. The largest absolute Gasteiger partial charge is 0.358 e. The molecule has 3 rings (SSSR count). The van der Waals surface area contributed by atoms with Gasteiger partial charge in [-0.3, -0.25) is 9.69 Å². The zero-order chi connectivity index (χ0) is 15.9. The number of nitrogens with zero attached hydrogens (tertiary/aromatic N) is 1. The second-order valence-corrected chi connectivity index (χ2v) is 6.96. The molecule has 1 saturated heterocycles. The predicted octanol–water partition coefficient (Wildman–Crippen LogP) is 4.09. The van der Waals surface area contributed by atoms with E-state index in [4.69, 9.17) is 0 Å². The first-order valence-corrected chi connectivity index (χ1v) is 8.34. The molecule has 0 saturated carbocycles. The van der Waals surface area contributed by atoms with Crippen molar-refractivity contribution >= 4 is 16.7 Å². The fourth-order valence-electron chi connectivity index (χ4n) is 3.72. The second-order valence-electron chi connectivity index (χ2n) is 6.96. The number of aryl methyl sites for hydroxylation is 2. The molecule has 0 aliphatic carbocycles. The van der Waals surface area contributed by atoms with Crippen LogP contribution in [0.15, 0.2) is 18.2 Å². The van der Waals surface area contributed by atoms with Gasteiger partial charge in [-0.2, -0.15) is 0 Å². The molecule has 0 radical (unpaired) electrons. The maximum atomic E-state index is 13.1. The van der Waals surface area contributed by atoms with E-state index in [0.29, 0.717) is 5.92 Å². The molecule has 3 nitrogen and oxygen atoms in total. The van der Waals surface area contributed by atoms with Gasteiger partial charge in [0, 0.05) is 28.7 Å². The number of H-pyrrole nitrogens is 1. The third-order valence-corrected chi connectivity index (χ3v) is 5.00. The monoisotopic (exact) mass is 298 g/mol. The minimum absolute atomic E-state index is 0.0400. The molecule has 118 valence electrons. The second kappa shape index (κ2) is 5.88. The lowest BCUT2D eigenvalue weighted by atomic mass is 9.95. The van der Waals surface area contributed by atoms with Crippen molar-refractivity contribution in [1.82, 2.24) is 9.88 Å². The van der Waals surface area contributed by atoms with Gasteiger partial charge in [0.05, 0.1) is 6.04 Å². The highest BCUT2D eigenvalue weighted by Crippen LogP contribution is 2.27. The molecule has 2 atom stereocenters. The molecule has 1 aliphatic heterocycles. The fraction of sp³-hybridized carbons (Fsp3) is 0.526. The highest BCUT2D eigenvalue weighted by molar-refractivity contribution is 6.11. The third kappa shape index (κ3) is 2.70. The number of aromatic nitrogens is 1. The number of benzene rings is 1. The Morgan fingerprint density at radius 2 is 2.14 bits per heavy atom. The third-order valence-electron chi connectivity index (χ3n) is 5.00. The summed E-state index contributed by atoms with van der Waals surface area (Å²) < 4.78 is 0. The molecule has 1 N–H and O–H groups in total. The van der Waals surface area contributed by atoms with E-state index in [9.17, 15) is 4.79 Å².